The van der Waals surface area contributed by atoms with Crippen molar-refractivity contribution in [1.82, 2.24) is 9.80 Å². The summed E-state index contributed by atoms with van der Waals surface area (Å²) in [6, 6.07) is 19.4. The van der Waals surface area contributed by atoms with Gasteiger partial charge < -0.3 is 9.80 Å². The molecule has 0 aliphatic rings. The summed E-state index contributed by atoms with van der Waals surface area (Å²) in [5, 5.41) is 2.05. The first-order valence-corrected chi connectivity index (χ1v) is 12.4. The van der Waals surface area contributed by atoms with E-state index in [1.165, 1.54) is 10.4 Å². The van der Waals surface area contributed by atoms with Crippen molar-refractivity contribution >= 4 is 39.1 Å². The van der Waals surface area contributed by atoms with E-state index in [4.69, 9.17) is 0 Å². The topological polar surface area (TPSA) is 40.6 Å². The van der Waals surface area contributed by atoms with Crippen molar-refractivity contribution in [2.75, 3.05) is 13.1 Å². The zero-order valence-corrected chi connectivity index (χ0v) is 21.2. The Balaban J connectivity index is 1.83. The van der Waals surface area contributed by atoms with Gasteiger partial charge in [0.25, 0.3) is 5.91 Å². The Labute approximate surface area is 203 Å². The first kappa shape index (κ1) is 24.2. The molecule has 0 aliphatic heterocycles. The average Bonchev–Trinajstić information content (AvgIpc) is 3.17. The predicted molar refractivity (Wildman–Crippen MR) is 135 cm³/mol. The molecule has 0 unspecified atom stereocenters. The van der Waals surface area contributed by atoms with Crippen LogP contribution in [-0.4, -0.2) is 34.7 Å². The molecule has 0 fully saturated rings. The third-order valence-corrected chi connectivity index (χ3v) is 6.64. The predicted octanol–water partition coefficient (Wildman–Crippen LogP) is 6.15. The molecule has 1 aromatic heterocycles. The first-order valence-electron chi connectivity index (χ1n) is 10.7. The van der Waals surface area contributed by atoms with Crippen molar-refractivity contribution in [3.8, 4) is 0 Å². The molecule has 0 saturated heterocycles. The molecule has 0 spiro atoms. The number of nitrogens with zero attached hydrogens (tertiary/aromatic N) is 2. The highest BCUT2D eigenvalue weighted by Crippen LogP contribution is 2.20. The number of carbonyl (C=O) groups excluding carboxylic acids is 2. The largest absolute Gasteiger partial charge is 0.332 e. The Hall–Kier alpha value is -2.44. The summed E-state index contributed by atoms with van der Waals surface area (Å²) >= 11 is 5.10. The Kier molecular flexibility index (Phi) is 8.65. The summed E-state index contributed by atoms with van der Waals surface area (Å²) in [6.07, 6.45) is 0. The summed E-state index contributed by atoms with van der Waals surface area (Å²) in [6.45, 7) is 7.81. The van der Waals surface area contributed by atoms with Gasteiger partial charge in [-0.1, -0.05) is 66.2 Å². The molecular formula is C26H29BrN2O2S. The molecule has 0 aliphatic carbocycles. The quantitative estimate of drug-likeness (QED) is 0.345. The maximum absolute atomic E-state index is 13.5. The fourth-order valence-electron chi connectivity index (χ4n) is 3.50. The van der Waals surface area contributed by atoms with Crippen molar-refractivity contribution in [1.29, 1.82) is 0 Å². The number of carbonyl (C=O) groups is 2. The molecule has 168 valence electrons. The minimum Gasteiger partial charge on any atom is -0.332 e. The maximum Gasteiger partial charge on any atom is 0.254 e. The second-order valence-corrected chi connectivity index (χ2v) is 10.3. The lowest BCUT2D eigenvalue weighted by Crippen LogP contribution is -2.43. The highest BCUT2D eigenvalue weighted by Gasteiger charge is 2.24. The maximum atomic E-state index is 13.5. The third-order valence-electron chi connectivity index (χ3n) is 5.14. The standard InChI is InChI=1S/C26H29BrN2O2S/c1-19(2)15-29(26(31)22-10-7-11-23(27)14-22)18-25(30)28(16-21-8-5-4-6-9-21)17-24-20(3)12-13-32-24/h4-14,19H,15-18H2,1-3H3. The highest BCUT2D eigenvalue weighted by molar-refractivity contribution is 9.10. The molecular weight excluding hydrogens is 484 g/mol. The van der Waals surface area contributed by atoms with Crippen molar-refractivity contribution in [2.24, 2.45) is 5.92 Å². The third kappa shape index (κ3) is 6.78. The molecule has 6 heteroatoms. The summed E-state index contributed by atoms with van der Waals surface area (Å²) in [5.74, 6) is 0.0759. The molecule has 3 aromatic rings. The average molecular weight is 514 g/mol. The number of thiophene rings is 1. The van der Waals surface area contributed by atoms with E-state index < -0.39 is 0 Å². The first-order chi connectivity index (χ1) is 15.3. The summed E-state index contributed by atoms with van der Waals surface area (Å²) in [4.78, 5) is 31.5. The van der Waals surface area contributed by atoms with Crippen molar-refractivity contribution in [3.05, 3.63) is 92.1 Å². The van der Waals surface area contributed by atoms with Gasteiger partial charge >= 0.3 is 0 Å². The van der Waals surface area contributed by atoms with Crippen LogP contribution in [0.5, 0.6) is 0 Å². The van der Waals surface area contributed by atoms with E-state index in [1.54, 1.807) is 28.4 Å². The molecule has 1 heterocycles. The van der Waals surface area contributed by atoms with E-state index in [-0.39, 0.29) is 24.3 Å². The lowest BCUT2D eigenvalue weighted by atomic mass is 10.1. The second-order valence-electron chi connectivity index (χ2n) is 8.35. The van der Waals surface area contributed by atoms with Crippen LogP contribution in [-0.2, 0) is 17.9 Å². The second kappa shape index (κ2) is 11.4. The van der Waals surface area contributed by atoms with Crippen LogP contribution in [0.15, 0.2) is 70.5 Å². The van der Waals surface area contributed by atoms with Crippen LogP contribution in [0.2, 0.25) is 0 Å². The normalized spacial score (nSPS) is 10.9. The van der Waals surface area contributed by atoms with Gasteiger partial charge in [0.1, 0.15) is 6.54 Å². The fourth-order valence-corrected chi connectivity index (χ4v) is 4.82. The molecule has 3 rings (SSSR count). The molecule has 0 saturated carbocycles. The monoisotopic (exact) mass is 512 g/mol. The summed E-state index contributed by atoms with van der Waals surface area (Å²) in [5.41, 5.74) is 2.84. The van der Waals surface area contributed by atoms with Gasteiger partial charge in [-0.25, -0.2) is 0 Å². The van der Waals surface area contributed by atoms with Gasteiger partial charge in [-0.3, -0.25) is 9.59 Å². The van der Waals surface area contributed by atoms with Gasteiger partial charge in [-0.15, -0.1) is 11.3 Å². The fraction of sp³-hybridized carbons (Fsp3) is 0.308. The van der Waals surface area contributed by atoms with Crippen LogP contribution < -0.4 is 0 Å². The van der Waals surface area contributed by atoms with Gasteiger partial charge in [0.2, 0.25) is 5.91 Å². The number of benzene rings is 2. The summed E-state index contributed by atoms with van der Waals surface area (Å²) < 4.78 is 0.845. The molecule has 0 radical (unpaired) electrons. The number of halogens is 1. The van der Waals surface area contributed by atoms with Gasteiger partial charge in [0, 0.05) is 28.0 Å². The van der Waals surface area contributed by atoms with E-state index in [2.05, 4.69) is 48.1 Å². The highest BCUT2D eigenvalue weighted by atomic mass is 79.9. The molecule has 0 atom stereocenters. The minimum atomic E-state index is -0.125. The summed E-state index contributed by atoms with van der Waals surface area (Å²) in [7, 11) is 0. The Morgan fingerprint density at radius 1 is 0.969 bits per heavy atom. The van der Waals surface area contributed by atoms with E-state index in [1.807, 2.05) is 47.4 Å². The van der Waals surface area contributed by atoms with Crippen molar-refractivity contribution in [2.45, 2.75) is 33.9 Å². The lowest BCUT2D eigenvalue weighted by molar-refractivity contribution is -0.133. The number of rotatable bonds is 9. The molecule has 32 heavy (non-hydrogen) atoms. The number of amides is 2. The Morgan fingerprint density at radius 3 is 2.34 bits per heavy atom. The van der Waals surface area contributed by atoms with E-state index in [9.17, 15) is 9.59 Å². The molecule has 0 N–H and O–H groups in total. The van der Waals surface area contributed by atoms with Gasteiger partial charge in [-0.2, -0.15) is 0 Å². The van der Waals surface area contributed by atoms with E-state index in [0.29, 0.717) is 25.2 Å². The smallest absolute Gasteiger partial charge is 0.254 e. The Morgan fingerprint density at radius 2 is 1.72 bits per heavy atom. The SMILES string of the molecule is Cc1ccsc1CN(Cc1ccccc1)C(=O)CN(CC(C)C)C(=O)c1cccc(Br)c1. The number of hydrogen-bond donors (Lipinski definition) is 0. The van der Waals surface area contributed by atoms with Crippen LogP contribution >= 0.6 is 27.3 Å². The zero-order valence-electron chi connectivity index (χ0n) is 18.8. The van der Waals surface area contributed by atoms with Gasteiger partial charge in [0.15, 0.2) is 0 Å². The van der Waals surface area contributed by atoms with Crippen LogP contribution in [0, 0.1) is 12.8 Å². The van der Waals surface area contributed by atoms with E-state index in [0.717, 1.165) is 10.0 Å². The molecule has 4 nitrogen and oxygen atoms in total. The Bertz CT molecular complexity index is 1050. The molecule has 2 amide bonds. The van der Waals surface area contributed by atoms with Crippen molar-refractivity contribution in [3.63, 3.8) is 0 Å². The molecule has 2 aromatic carbocycles. The zero-order chi connectivity index (χ0) is 23.1. The van der Waals surface area contributed by atoms with Gasteiger partial charge in [0.05, 0.1) is 6.54 Å². The van der Waals surface area contributed by atoms with Crippen LogP contribution in [0.1, 0.15) is 40.2 Å². The number of hydrogen-bond acceptors (Lipinski definition) is 3. The lowest BCUT2D eigenvalue weighted by Gasteiger charge is -2.29. The number of aryl methyl sites for hydroxylation is 1. The van der Waals surface area contributed by atoms with Crippen LogP contribution in [0.3, 0.4) is 0 Å². The van der Waals surface area contributed by atoms with Crippen molar-refractivity contribution < 1.29 is 9.59 Å². The van der Waals surface area contributed by atoms with Gasteiger partial charge in [-0.05, 0) is 53.6 Å². The minimum absolute atomic E-state index is 0.0503. The molecule has 0 bridgehead atoms. The van der Waals surface area contributed by atoms with Crippen LogP contribution in [0.25, 0.3) is 0 Å². The van der Waals surface area contributed by atoms with E-state index >= 15 is 0 Å². The van der Waals surface area contributed by atoms with Crippen LogP contribution in [0.4, 0.5) is 0 Å².